The predicted molar refractivity (Wildman–Crippen MR) is 72.6 cm³/mol. The van der Waals surface area contributed by atoms with Gasteiger partial charge in [-0.05, 0) is 19.1 Å². The Morgan fingerprint density at radius 1 is 1.17 bits per heavy atom. The number of nitrogens with two attached hydrogens (primary N) is 1. The molecule has 0 bridgehead atoms. The summed E-state index contributed by atoms with van der Waals surface area (Å²) in [6, 6.07) is 14.4. The molecule has 0 radical (unpaired) electrons. The lowest BCUT2D eigenvalue weighted by Gasteiger charge is -1.82. The molecule has 0 aliphatic heterocycles. The van der Waals surface area contributed by atoms with Crippen LogP contribution in [0.4, 0.5) is 11.5 Å². The van der Waals surface area contributed by atoms with Crippen molar-refractivity contribution in [3.05, 3.63) is 59.7 Å². The fraction of sp³-hybridized carbons (Fsp3) is 0.154. The Morgan fingerprint density at radius 3 is 2.00 bits per heavy atom. The van der Waals surface area contributed by atoms with E-state index in [0.717, 1.165) is 0 Å². The molecule has 1 heterocycles. The van der Waals surface area contributed by atoms with E-state index in [4.69, 9.17) is 16.2 Å². The summed E-state index contributed by atoms with van der Waals surface area (Å²) in [5.74, 6) is 0.572. The van der Waals surface area contributed by atoms with Crippen molar-refractivity contribution < 1.29 is 5.11 Å². The minimum absolute atomic E-state index is 0.250. The molecule has 0 aliphatic rings. The fourth-order valence-electron chi connectivity index (χ4n) is 0.871. The van der Waals surface area contributed by atoms with Gasteiger partial charge in [0.15, 0.2) is 4.98 Å². The normalized spacial score (nSPS) is 7.83. The third-order valence-corrected chi connectivity index (χ3v) is 1.56. The van der Waals surface area contributed by atoms with Crippen molar-refractivity contribution in [1.29, 1.82) is 5.39 Å². The first-order valence-corrected chi connectivity index (χ1v) is 5.42. The SMILES string of the molecule is CCO.N#[N+]c1ccccc1.Nc1ccccn1. The van der Waals surface area contributed by atoms with Gasteiger partial charge in [-0.3, -0.25) is 0 Å². The third-order valence-electron chi connectivity index (χ3n) is 1.56. The number of benzene rings is 1. The molecule has 2 rings (SSSR count). The quantitative estimate of drug-likeness (QED) is 0.698. The summed E-state index contributed by atoms with van der Waals surface area (Å²) in [5.41, 5.74) is 5.84. The van der Waals surface area contributed by atoms with Gasteiger partial charge in [0.2, 0.25) is 5.39 Å². The number of diazo groups is 1. The maximum Gasteiger partial charge on any atom is 0.385 e. The molecule has 5 nitrogen and oxygen atoms in total. The Labute approximate surface area is 107 Å². The van der Waals surface area contributed by atoms with Crippen molar-refractivity contribution in [2.24, 2.45) is 0 Å². The van der Waals surface area contributed by atoms with Crippen LogP contribution in [-0.4, -0.2) is 16.7 Å². The highest BCUT2D eigenvalue weighted by Gasteiger charge is 1.95. The average Bonchev–Trinajstić information content (AvgIpc) is 2.42. The Balaban J connectivity index is 0.000000267. The van der Waals surface area contributed by atoms with Gasteiger partial charge >= 0.3 is 5.69 Å². The first-order chi connectivity index (χ1) is 8.74. The van der Waals surface area contributed by atoms with Gasteiger partial charge in [-0.15, -0.1) is 0 Å². The van der Waals surface area contributed by atoms with Crippen LogP contribution in [-0.2, 0) is 0 Å². The second kappa shape index (κ2) is 11.0. The van der Waals surface area contributed by atoms with E-state index < -0.39 is 0 Å². The summed E-state index contributed by atoms with van der Waals surface area (Å²) in [6.45, 7) is 1.93. The highest BCUT2D eigenvalue weighted by molar-refractivity contribution is 5.42. The summed E-state index contributed by atoms with van der Waals surface area (Å²) in [7, 11) is 0. The summed E-state index contributed by atoms with van der Waals surface area (Å²) in [4.78, 5) is 6.73. The fourth-order valence-corrected chi connectivity index (χ4v) is 0.871. The van der Waals surface area contributed by atoms with E-state index in [-0.39, 0.29) is 6.61 Å². The smallest absolute Gasteiger partial charge is 0.385 e. The number of pyridine rings is 1. The van der Waals surface area contributed by atoms with Crippen molar-refractivity contribution in [3.8, 4) is 0 Å². The number of rotatable bonds is 0. The monoisotopic (exact) mass is 245 g/mol. The van der Waals surface area contributed by atoms with Crippen LogP contribution in [0.1, 0.15) is 6.92 Å². The van der Waals surface area contributed by atoms with E-state index in [1.165, 1.54) is 0 Å². The number of hydrogen-bond donors (Lipinski definition) is 2. The number of hydrogen-bond acceptors (Lipinski definition) is 4. The van der Waals surface area contributed by atoms with Crippen LogP contribution < -0.4 is 5.73 Å². The molecule has 18 heavy (non-hydrogen) atoms. The highest BCUT2D eigenvalue weighted by atomic mass is 16.2. The van der Waals surface area contributed by atoms with Crippen molar-refractivity contribution in [2.75, 3.05) is 12.3 Å². The van der Waals surface area contributed by atoms with Crippen LogP contribution in [0.2, 0.25) is 0 Å². The molecule has 0 spiro atoms. The molecule has 3 N–H and O–H groups in total. The van der Waals surface area contributed by atoms with E-state index in [9.17, 15) is 0 Å². The standard InChI is InChI=1S/C6H5N2.C5H6N2.C2H6O/c7-8-6-4-2-1-3-5-6;6-5-3-1-2-4-7-5;1-2-3/h1-5H;1-4H,(H2,6,7);3H,2H2,1H3/q+1;;. The topological polar surface area (TPSA) is 87.3 Å². The predicted octanol–water partition coefficient (Wildman–Crippen LogP) is 2.83. The molecule has 0 aliphatic carbocycles. The Hall–Kier alpha value is -2.45. The van der Waals surface area contributed by atoms with Crippen LogP contribution >= 0.6 is 0 Å². The van der Waals surface area contributed by atoms with Crippen LogP contribution in [0.5, 0.6) is 0 Å². The minimum atomic E-state index is 0.250. The zero-order chi connectivity index (χ0) is 13.6. The summed E-state index contributed by atoms with van der Waals surface area (Å²) < 4.78 is 0. The summed E-state index contributed by atoms with van der Waals surface area (Å²) in [5, 5.41) is 15.7. The van der Waals surface area contributed by atoms with Crippen molar-refractivity contribution in [3.63, 3.8) is 0 Å². The molecule has 0 unspecified atom stereocenters. The maximum atomic E-state index is 8.16. The molecule has 0 saturated heterocycles. The average molecular weight is 245 g/mol. The number of aliphatic hydroxyl groups is 1. The second-order valence-corrected chi connectivity index (χ2v) is 3.01. The molecule has 0 saturated carbocycles. The summed E-state index contributed by atoms with van der Waals surface area (Å²) >= 11 is 0. The Morgan fingerprint density at radius 2 is 1.72 bits per heavy atom. The highest BCUT2D eigenvalue weighted by Crippen LogP contribution is 2.07. The summed E-state index contributed by atoms with van der Waals surface area (Å²) in [6.07, 6.45) is 1.66. The van der Waals surface area contributed by atoms with Crippen molar-refractivity contribution >= 4 is 11.5 Å². The van der Waals surface area contributed by atoms with E-state index in [0.29, 0.717) is 11.5 Å². The van der Waals surface area contributed by atoms with Crippen molar-refractivity contribution in [1.82, 2.24) is 4.98 Å². The van der Waals surface area contributed by atoms with Crippen LogP contribution in [0, 0.1) is 5.39 Å². The number of aliphatic hydroxyl groups excluding tert-OH is 1. The van der Waals surface area contributed by atoms with Gasteiger partial charge in [0.1, 0.15) is 5.82 Å². The number of nitrogens with zero attached hydrogens (tertiary/aromatic N) is 3. The van der Waals surface area contributed by atoms with Crippen LogP contribution in [0.3, 0.4) is 0 Å². The molecular weight excluding hydrogens is 228 g/mol. The maximum absolute atomic E-state index is 8.16. The molecule has 1 aromatic heterocycles. The van der Waals surface area contributed by atoms with E-state index >= 15 is 0 Å². The first kappa shape index (κ1) is 15.6. The number of nitrogen functional groups attached to an aromatic ring is 1. The second-order valence-electron chi connectivity index (χ2n) is 3.01. The molecule has 0 fully saturated rings. The number of aromatic nitrogens is 1. The first-order valence-electron chi connectivity index (χ1n) is 5.42. The van der Waals surface area contributed by atoms with E-state index in [1.54, 1.807) is 31.3 Å². The zero-order valence-corrected chi connectivity index (χ0v) is 10.3. The van der Waals surface area contributed by atoms with Crippen LogP contribution in [0.15, 0.2) is 54.7 Å². The van der Waals surface area contributed by atoms with Gasteiger partial charge in [-0.2, -0.15) is 0 Å². The van der Waals surface area contributed by atoms with Gasteiger partial charge in [0, 0.05) is 24.9 Å². The zero-order valence-electron chi connectivity index (χ0n) is 10.3. The van der Waals surface area contributed by atoms with Crippen LogP contribution in [0.25, 0.3) is 4.98 Å². The molecule has 0 amide bonds. The Bertz CT molecular complexity index is 440. The minimum Gasteiger partial charge on any atom is -0.397 e. The van der Waals surface area contributed by atoms with Gasteiger partial charge in [-0.25, -0.2) is 4.98 Å². The number of anilines is 1. The molecule has 5 heteroatoms. The van der Waals surface area contributed by atoms with Gasteiger partial charge < -0.3 is 10.8 Å². The molecule has 2 aromatic rings. The molecular formula is C13H17N4O+. The van der Waals surface area contributed by atoms with Gasteiger partial charge in [-0.1, -0.05) is 24.3 Å². The lowest BCUT2D eigenvalue weighted by molar-refractivity contribution is 0.318. The van der Waals surface area contributed by atoms with Crippen molar-refractivity contribution in [2.45, 2.75) is 6.92 Å². The van der Waals surface area contributed by atoms with E-state index in [2.05, 4.69) is 9.96 Å². The van der Waals surface area contributed by atoms with E-state index in [1.807, 2.05) is 30.3 Å². The molecule has 0 atom stereocenters. The lowest BCUT2D eigenvalue weighted by Crippen LogP contribution is -1.85. The molecule has 1 aromatic carbocycles. The lowest BCUT2D eigenvalue weighted by atomic mass is 10.3. The third kappa shape index (κ3) is 8.83. The Kier molecular flexibility index (Phi) is 9.54. The van der Waals surface area contributed by atoms with Gasteiger partial charge in [0.25, 0.3) is 0 Å². The largest absolute Gasteiger partial charge is 0.397 e. The van der Waals surface area contributed by atoms with Gasteiger partial charge in [0.05, 0.1) is 0 Å². The molecule has 94 valence electrons.